The molecular formula is C25H37ClN2O. The van der Waals surface area contributed by atoms with Crippen LogP contribution in [0.1, 0.15) is 57.1 Å². The van der Waals surface area contributed by atoms with Crippen LogP contribution >= 0.6 is 11.6 Å². The second-order valence-electron chi connectivity index (χ2n) is 7.60. The number of rotatable bonds is 15. The lowest BCUT2D eigenvalue weighted by Gasteiger charge is -2.22. The molecule has 0 aliphatic heterocycles. The summed E-state index contributed by atoms with van der Waals surface area (Å²) in [5, 5.41) is 4.32. The molecule has 0 heterocycles. The van der Waals surface area contributed by atoms with Crippen LogP contribution < -0.4 is 10.1 Å². The van der Waals surface area contributed by atoms with E-state index >= 15 is 0 Å². The lowest BCUT2D eigenvalue weighted by molar-refractivity contribution is 0.261. The lowest BCUT2D eigenvalue weighted by Crippen LogP contribution is -2.29. The van der Waals surface area contributed by atoms with Gasteiger partial charge >= 0.3 is 0 Å². The first-order valence-electron chi connectivity index (χ1n) is 11.1. The van der Waals surface area contributed by atoms with Crippen molar-refractivity contribution >= 4 is 11.6 Å². The van der Waals surface area contributed by atoms with Gasteiger partial charge in [-0.25, -0.2) is 0 Å². The van der Waals surface area contributed by atoms with E-state index in [4.69, 9.17) is 16.3 Å². The molecule has 0 aliphatic carbocycles. The number of hydrogen-bond acceptors (Lipinski definition) is 3. The van der Waals surface area contributed by atoms with Crippen LogP contribution in [0.2, 0.25) is 5.02 Å². The Morgan fingerprint density at radius 2 is 1.52 bits per heavy atom. The van der Waals surface area contributed by atoms with E-state index < -0.39 is 0 Å². The molecule has 2 aromatic carbocycles. The number of unbranched alkanes of at least 4 members (excludes halogenated alkanes) is 2. The summed E-state index contributed by atoms with van der Waals surface area (Å²) in [6.45, 7) is 10.7. The molecule has 0 saturated carbocycles. The average Bonchev–Trinajstić information content (AvgIpc) is 2.75. The number of nitrogens with zero attached hydrogens (tertiary/aromatic N) is 1. The molecule has 1 N–H and O–H groups in total. The summed E-state index contributed by atoms with van der Waals surface area (Å²) in [4.78, 5) is 2.62. The van der Waals surface area contributed by atoms with Crippen molar-refractivity contribution in [3.05, 3.63) is 64.7 Å². The molecule has 160 valence electrons. The summed E-state index contributed by atoms with van der Waals surface area (Å²) >= 11 is 6.18. The van der Waals surface area contributed by atoms with Gasteiger partial charge in [-0.05, 0) is 69.2 Å². The predicted octanol–water partition coefficient (Wildman–Crippen LogP) is 6.30. The maximum Gasteiger partial charge on any atom is 0.119 e. The van der Waals surface area contributed by atoms with Crippen molar-refractivity contribution < 1.29 is 4.74 Å². The summed E-state index contributed by atoms with van der Waals surface area (Å²) < 4.78 is 5.85. The quantitative estimate of drug-likeness (QED) is 0.345. The Balaban J connectivity index is 1.64. The first-order chi connectivity index (χ1) is 14.2. The Hall–Kier alpha value is -1.55. The van der Waals surface area contributed by atoms with Crippen LogP contribution in [0.5, 0.6) is 5.75 Å². The van der Waals surface area contributed by atoms with Crippen molar-refractivity contribution in [3.63, 3.8) is 0 Å². The number of ether oxygens (including phenoxy) is 1. The minimum absolute atomic E-state index is 0.490. The van der Waals surface area contributed by atoms with E-state index in [0.717, 1.165) is 29.4 Å². The Morgan fingerprint density at radius 1 is 0.862 bits per heavy atom. The van der Waals surface area contributed by atoms with E-state index in [1.807, 2.05) is 36.4 Å². The van der Waals surface area contributed by atoms with Gasteiger partial charge in [0.15, 0.2) is 0 Å². The second-order valence-corrected chi connectivity index (χ2v) is 8.01. The molecule has 29 heavy (non-hydrogen) atoms. The van der Waals surface area contributed by atoms with Gasteiger partial charge in [-0.3, -0.25) is 0 Å². The monoisotopic (exact) mass is 416 g/mol. The van der Waals surface area contributed by atoms with Crippen molar-refractivity contribution in [1.82, 2.24) is 10.2 Å². The third kappa shape index (κ3) is 9.66. The Bertz CT molecular complexity index is 667. The number of benzene rings is 2. The van der Waals surface area contributed by atoms with Crippen LogP contribution in [-0.4, -0.2) is 31.1 Å². The minimum Gasteiger partial charge on any atom is -0.489 e. The molecule has 0 aromatic heterocycles. The van der Waals surface area contributed by atoms with E-state index in [-0.39, 0.29) is 0 Å². The fraction of sp³-hybridized carbons (Fsp3) is 0.520. The highest BCUT2D eigenvalue weighted by Gasteiger charge is 2.04. The SMILES string of the molecule is CCCCN(CCCC)CCCNCc1ccc(OCc2ccccc2Cl)cc1. The van der Waals surface area contributed by atoms with Gasteiger partial charge in [0.25, 0.3) is 0 Å². The van der Waals surface area contributed by atoms with Gasteiger partial charge < -0.3 is 15.0 Å². The third-order valence-corrected chi connectivity index (χ3v) is 5.46. The molecule has 2 aromatic rings. The van der Waals surface area contributed by atoms with Crippen molar-refractivity contribution in [2.24, 2.45) is 0 Å². The number of nitrogens with one attached hydrogen (secondary N) is 1. The van der Waals surface area contributed by atoms with Crippen LogP contribution in [0.4, 0.5) is 0 Å². The summed E-state index contributed by atoms with van der Waals surface area (Å²) in [7, 11) is 0. The van der Waals surface area contributed by atoms with Gasteiger partial charge in [-0.1, -0.05) is 68.6 Å². The van der Waals surface area contributed by atoms with Gasteiger partial charge in [0, 0.05) is 17.1 Å². The van der Waals surface area contributed by atoms with E-state index in [9.17, 15) is 0 Å². The molecule has 4 heteroatoms. The standard InChI is InChI=1S/C25H37ClN2O/c1-3-5-17-28(18-6-4-2)19-9-16-27-20-22-12-14-24(15-13-22)29-21-23-10-7-8-11-25(23)26/h7-8,10-15,27H,3-6,9,16-21H2,1-2H3. The average molecular weight is 417 g/mol. The number of hydrogen-bond donors (Lipinski definition) is 1. The molecule has 0 spiro atoms. The molecule has 0 bridgehead atoms. The maximum atomic E-state index is 6.18. The highest BCUT2D eigenvalue weighted by molar-refractivity contribution is 6.31. The molecule has 0 unspecified atom stereocenters. The maximum absolute atomic E-state index is 6.18. The van der Waals surface area contributed by atoms with Gasteiger partial charge in [-0.15, -0.1) is 0 Å². The summed E-state index contributed by atoms with van der Waals surface area (Å²) in [6, 6.07) is 16.1. The molecule has 0 atom stereocenters. The topological polar surface area (TPSA) is 24.5 Å². The smallest absolute Gasteiger partial charge is 0.119 e. The normalized spacial score (nSPS) is 11.2. The van der Waals surface area contributed by atoms with Crippen molar-refractivity contribution in [2.45, 2.75) is 59.1 Å². The zero-order valence-corrected chi connectivity index (χ0v) is 18.9. The van der Waals surface area contributed by atoms with Gasteiger partial charge in [0.2, 0.25) is 0 Å². The van der Waals surface area contributed by atoms with Crippen molar-refractivity contribution in [3.8, 4) is 5.75 Å². The molecule has 0 saturated heterocycles. The van der Waals surface area contributed by atoms with Crippen LogP contribution in [0.3, 0.4) is 0 Å². The van der Waals surface area contributed by atoms with E-state index in [0.29, 0.717) is 6.61 Å². The van der Waals surface area contributed by atoms with Crippen LogP contribution in [0.15, 0.2) is 48.5 Å². The molecule has 0 aliphatic rings. The Labute approximate surface area is 182 Å². The van der Waals surface area contributed by atoms with E-state index in [2.05, 4.69) is 36.2 Å². The molecule has 2 rings (SSSR count). The molecular weight excluding hydrogens is 380 g/mol. The van der Waals surface area contributed by atoms with Gasteiger partial charge in [0.1, 0.15) is 12.4 Å². The predicted molar refractivity (Wildman–Crippen MR) is 125 cm³/mol. The summed E-state index contributed by atoms with van der Waals surface area (Å²) in [5.74, 6) is 0.871. The highest BCUT2D eigenvalue weighted by Crippen LogP contribution is 2.19. The zero-order chi connectivity index (χ0) is 20.7. The number of halogens is 1. The van der Waals surface area contributed by atoms with Crippen LogP contribution in [0.25, 0.3) is 0 Å². The largest absolute Gasteiger partial charge is 0.489 e. The van der Waals surface area contributed by atoms with E-state index in [1.165, 1.54) is 57.3 Å². The first kappa shape index (κ1) is 23.7. The minimum atomic E-state index is 0.490. The molecule has 0 fully saturated rings. The summed E-state index contributed by atoms with van der Waals surface area (Å²) in [5.41, 5.74) is 2.29. The fourth-order valence-corrected chi connectivity index (χ4v) is 3.43. The van der Waals surface area contributed by atoms with Crippen LogP contribution in [0, 0.1) is 0 Å². The lowest BCUT2D eigenvalue weighted by atomic mass is 10.2. The Kier molecular flexibility index (Phi) is 11.8. The fourth-order valence-electron chi connectivity index (χ4n) is 3.24. The third-order valence-electron chi connectivity index (χ3n) is 5.09. The molecule has 0 amide bonds. The van der Waals surface area contributed by atoms with Crippen LogP contribution in [-0.2, 0) is 13.2 Å². The van der Waals surface area contributed by atoms with Gasteiger partial charge in [0.05, 0.1) is 0 Å². The van der Waals surface area contributed by atoms with Crippen molar-refractivity contribution in [2.75, 3.05) is 26.2 Å². The van der Waals surface area contributed by atoms with Crippen molar-refractivity contribution in [1.29, 1.82) is 0 Å². The summed E-state index contributed by atoms with van der Waals surface area (Å²) in [6.07, 6.45) is 6.37. The van der Waals surface area contributed by atoms with E-state index in [1.54, 1.807) is 0 Å². The van der Waals surface area contributed by atoms with Gasteiger partial charge in [-0.2, -0.15) is 0 Å². The highest BCUT2D eigenvalue weighted by atomic mass is 35.5. The first-order valence-corrected chi connectivity index (χ1v) is 11.5. The molecule has 3 nitrogen and oxygen atoms in total. The second kappa shape index (κ2) is 14.4. The molecule has 0 radical (unpaired) electrons. The Morgan fingerprint density at radius 3 is 2.17 bits per heavy atom. The zero-order valence-electron chi connectivity index (χ0n) is 18.1.